The molecule has 3 aromatic carbocycles. The van der Waals surface area contributed by atoms with Crippen LogP contribution in [0.25, 0.3) is 33.1 Å². The van der Waals surface area contributed by atoms with Crippen molar-refractivity contribution >= 4 is 27.4 Å². The van der Waals surface area contributed by atoms with Crippen LogP contribution < -0.4 is 5.43 Å². The van der Waals surface area contributed by atoms with Crippen LogP contribution >= 0.6 is 0 Å². The molecule has 5 nitrogen and oxygen atoms in total. The van der Waals surface area contributed by atoms with E-state index in [-0.39, 0.29) is 11.1 Å². The molecule has 116 valence electrons. The number of nitro benzene ring substituents is 1. The molecule has 1 aromatic heterocycles. The van der Waals surface area contributed by atoms with Gasteiger partial charge in [0.05, 0.1) is 10.3 Å². The molecule has 0 aliphatic rings. The molecule has 4 rings (SSSR count). The highest BCUT2D eigenvalue weighted by molar-refractivity contribution is 6.04. The maximum atomic E-state index is 12.4. The molecule has 4 aromatic rings. The van der Waals surface area contributed by atoms with Crippen molar-refractivity contribution in [2.45, 2.75) is 0 Å². The number of non-ortho nitro benzene ring substituents is 1. The van der Waals surface area contributed by atoms with E-state index < -0.39 is 4.92 Å². The molecule has 5 heteroatoms. The molecule has 0 aliphatic carbocycles. The lowest BCUT2D eigenvalue weighted by Gasteiger charge is -2.06. The van der Waals surface area contributed by atoms with Gasteiger partial charge in [-0.05, 0) is 23.6 Å². The molecule has 0 radical (unpaired) electrons. The fourth-order valence-corrected chi connectivity index (χ4v) is 2.77. The van der Waals surface area contributed by atoms with Gasteiger partial charge in [-0.2, -0.15) is 0 Å². The molecule has 0 aliphatic heterocycles. The summed E-state index contributed by atoms with van der Waals surface area (Å²) in [5, 5.41) is 13.1. The zero-order valence-electron chi connectivity index (χ0n) is 12.4. The van der Waals surface area contributed by atoms with Gasteiger partial charge in [0.1, 0.15) is 11.3 Å². The SMILES string of the molecule is O=c1cc(-c2ccc([N+](=O)[O-])cc2)oc2c1ccc1ccccc12. The van der Waals surface area contributed by atoms with Crippen molar-refractivity contribution in [3.63, 3.8) is 0 Å². The molecule has 0 spiro atoms. The first-order valence-electron chi connectivity index (χ1n) is 7.34. The highest BCUT2D eigenvalue weighted by atomic mass is 16.6. The Morgan fingerprint density at radius 3 is 2.38 bits per heavy atom. The van der Waals surface area contributed by atoms with Crippen LogP contribution in [0.15, 0.2) is 75.9 Å². The van der Waals surface area contributed by atoms with Crippen LogP contribution in [0.4, 0.5) is 5.69 Å². The average molecular weight is 317 g/mol. The van der Waals surface area contributed by atoms with E-state index in [1.807, 2.05) is 30.3 Å². The lowest BCUT2D eigenvalue weighted by molar-refractivity contribution is -0.384. The summed E-state index contributed by atoms with van der Waals surface area (Å²) in [6.07, 6.45) is 0. The van der Waals surface area contributed by atoms with Crippen molar-refractivity contribution in [1.82, 2.24) is 0 Å². The summed E-state index contributed by atoms with van der Waals surface area (Å²) < 4.78 is 5.97. The van der Waals surface area contributed by atoms with Crippen LogP contribution in [-0.4, -0.2) is 4.92 Å². The van der Waals surface area contributed by atoms with Crippen molar-refractivity contribution in [2.24, 2.45) is 0 Å². The first-order valence-corrected chi connectivity index (χ1v) is 7.34. The van der Waals surface area contributed by atoms with E-state index in [1.54, 1.807) is 18.2 Å². The predicted molar refractivity (Wildman–Crippen MR) is 92.1 cm³/mol. The fraction of sp³-hybridized carbons (Fsp3) is 0. The quantitative estimate of drug-likeness (QED) is 0.309. The fourth-order valence-electron chi connectivity index (χ4n) is 2.77. The zero-order valence-corrected chi connectivity index (χ0v) is 12.4. The Kier molecular flexibility index (Phi) is 3.13. The van der Waals surface area contributed by atoms with Crippen LogP contribution in [0, 0.1) is 10.1 Å². The van der Waals surface area contributed by atoms with E-state index in [1.165, 1.54) is 18.2 Å². The van der Waals surface area contributed by atoms with Crippen LogP contribution in [0.1, 0.15) is 0 Å². The topological polar surface area (TPSA) is 73.3 Å². The summed E-state index contributed by atoms with van der Waals surface area (Å²) in [6, 6.07) is 18.7. The van der Waals surface area contributed by atoms with Crippen molar-refractivity contribution in [3.05, 3.63) is 87.1 Å². The standard InChI is InChI=1S/C19H11NO4/c21-17-11-18(13-5-8-14(9-6-13)20(22)23)24-19-15-4-2-1-3-12(15)7-10-16(17)19/h1-11H. The zero-order chi connectivity index (χ0) is 16.7. The van der Waals surface area contributed by atoms with Crippen molar-refractivity contribution < 1.29 is 9.34 Å². The summed E-state index contributed by atoms with van der Waals surface area (Å²) in [6.45, 7) is 0. The van der Waals surface area contributed by atoms with Crippen LogP contribution in [0.2, 0.25) is 0 Å². The Labute approximate surface area is 135 Å². The molecule has 0 fully saturated rings. The number of hydrogen-bond acceptors (Lipinski definition) is 4. The summed E-state index contributed by atoms with van der Waals surface area (Å²) in [5.74, 6) is 0.388. The van der Waals surface area contributed by atoms with Crippen molar-refractivity contribution in [3.8, 4) is 11.3 Å². The van der Waals surface area contributed by atoms with Gasteiger partial charge in [0.15, 0.2) is 5.43 Å². The van der Waals surface area contributed by atoms with E-state index in [0.29, 0.717) is 22.3 Å². The predicted octanol–water partition coefficient (Wildman–Crippen LogP) is 4.52. The summed E-state index contributed by atoms with van der Waals surface area (Å²) >= 11 is 0. The third kappa shape index (κ3) is 2.23. The Morgan fingerprint density at radius 2 is 1.62 bits per heavy atom. The number of fused-ring (bicyclic) bond motifs is 3. The van der Waals surface area contributed by atoms with Gasteiger partial charge in [0.2, 0.25) is 0 Å². The normalized spacial score (nSPS) is 11.0. The van der Waals surface area contributed by atoms with Gasteiger partial charge >= 0.3 is 0 Å². The average Bonchev–Trinajstić information content (AvgIpc) is 2.61. The van der Waals surface area contributed by atoms with Gasteiger partial charge < -0.3 is 4.42 Å². The van der Waals surface area contributed by atoms with Crippen molar-refractivity contribution in [2.75, 3.05) is 0 Å². The van der Waals surface area contributed by atoms with Gasteiger partial charge in [0, 0.05) is 29.1 Å². The van der Waals surface area contributed by atoms with E-state index in [0.717, 1.165) is 10.8 Å². The highest BCUT2D eigenvalue weighted by Gasteiger charge is 2.11. The molecule has 24 heavy (non-hydrogen) atoms. The first-order chi connectivity index (χ1) is 11.6. The van der Waals surface area contributed by atoms with E-state index in [2.05, 4.69) is 0 Å². The third-order valence-electron chi connectivity index (χ3n) is 3.98. The third-order valence-corrected chi connectivity index (χ3v) is 3.98. The molecule has 0 unspecified atom stereocenters. The summed E-state index contributed by atoms with van der Waals surface area (Å²) in [7, 11) is 0. The van der Waals surface area contributed by atoms with Gasteiger partial charge in [-0.15, -0.1) is 0 Å². The van der Waals surface area contributed by atoms with E-state index in [4.69, 9.17) is 4.42 Å². The molecule has 0 amide bonds. The van der Waals surface area contributed by atoms with E-state index >= 15 is 0 Å². The molecule has 0 atom stereocenters. The Hall–Kier alpha value is -3.47. The maximum absolute atomic E-state index is 12.4. The van der Waals surface area contributed by atoms with Gasteiger partial charge in [-0.3, -0.25) is 14.9 Å². The van der Waals surface area contributed by atoms with Crippen LogP contribution in [-0.2, 0) is 0 Å². The second-order valence-electron chi connectivity index (χ2n) is 5.44. The molecule has 0 saturated heterocycles. The van der Waals surface area contributed by atoms with Crippen LogP contribution in [0.3, 0.4) is 0 Å². The number of nitrogens with zero attached hydrogens (tertiary/aromatic N) is 1. The minimum Gasteiger partial charge on any atom is -0.455 e. The van der Waals surface area contributed by atoms with Gasteiger partial charge in [-0.25, -0.2) is 0 Å². The smallest absolute Gasteiger partial charge is 0.269 e. The minimum absolute atomic E-state index is 0.00710. The lowest BCUT2D eigenvalue weighted by Crippen LogP contribution is -2.00. The second-order valence-corrected chi connectivity index (χ2v) is 5.44. The molecule has 0 N–H and O–H groups in total. The lowest BCUT2D eigenvalue weighted by atomic mass is 10.1. The highest BCUT2D eigenvalue weighted by Crippen LogP contribution is 2.28. The Bertz CT molecular complexity index is 1140. The van der Waals surface area contributed by atoms with Gasteiger partial charge in [0.25, 0.3) is 5.69 Å². The largest absolute Gasteiger partial charge is 0.455 e. The van der Waals surface area contributed by atoms with Crippen molar-refractivity contribution in [1.29, 1.82) is 0 Å². The Morgan fingerprint density at radius 1 is 0.875 bits per heavy atom. The second kappa shape index (κ2) is 5.31. The molecule has 0 bridgehead atoms. The minimum atomic E-state index is -0.464. The summed E-state index contributed by atoms with van der Waals surface area (Å²) in [5.41, 5.74) is 0.990. The Balaban J connectivity index is 1.98. The molecule has 0 saturated carbocycles. The number of hydrogen-bond donors (Lipinski definition) is 0. The monoisotopic (exact) mass is 317 g/mol. The number of nitro groups is 1. The maximum Gasteiger partial charge on any atom is 0.269 e. The number of rotatable bonds is 2. The molecular formula is C19H11NO4. The van der Waals surface area contributed by atoms with Gasteiger partial charge in [-0.1, -0.05) is 30.3 Å². The number of benzene rings is 3. The molecule has 1 heterocycles. The van der Waals surface area contributed by atoms with E-state index in [9.17, 15) is 14.9 Å². The molecular weight excluding hydrogens is 306 g/mol. The first kappa shape index (κ1) is 14.1. The summed E-state index contributed by atoms with van der Waals surface area (Å²) in [4.78, 5) is 22.7. The van der Waals surface area contributed by atoms with Crippen LogP contribution in [0.5, 0.6) is 0 Å².